The third-order valence-corrected chi connectivity index (χ3v) is 16.2. The summed E-state index contributed by atoms with van der Waals surface area (Å²) in [7, 11) is 1.19. The molecule has 0 aliphatic rings. The van der Waals surface area contributed by atoms with Crippen LogP contribution in [0.3, 0.4) is 0 Å². The summed E-state index contributed by atoms with van der Waals surface area (Å²) >= 11 is 0. The van der Waals surface area contributed by atoms with Crippen molar-refractivity contribution in [3.05, 3.63) is 48.6 Å². The lowest BCUT2D eigenvalue weighted by Crippen LogP contribution is -2.47. The van der Waals surface area contributed by atoms with Gasteiger partial charge in [0, 0.05) is 12.8 Å². The number of unbranched alkanes of at least 4 members (excludes halogenated alkanes) is 40. The molecule has 0 aromatic rings. The second-order valence-corrected chi connectivity index (χ2v) is 25.7. The fraction of sp³-hybridized carbons (Fsp3) is 0.855. The van der Waals surface area contributed by atoms with Crippen LogP contribution in [0, 0.1) is 0 Å². The molecule has 0 saturated carbocycles. The molecule has 0 aliphatic carbocycles. The van der Waals surface area contributed by atoms with Gasteiger partial charge in [0.25, 0.3) is 7.82 Å². The highest BCUT2D eigenvalue weighted by molar-refractivity contribution is 7.45. The predicted molar refractivity (Wildman–Crippen MR) is 339 cm³/mol. The van der Waals surface area contributed by atoms with E-state index in [2.05, 4.69) is 62.5 Å². The fourth-order valence-corrected chi connectivity index (χ4v) is 10.7. The van der Waals surface area contributed by atoms with E-state index < -0.39 is 26.6 Å². The van der Waals surface area contributed by atoms with Crippen LogP contribution in [-0.2, 0) is 27.9 Å². The smallest absolute Gasteiger partial charge is 0.306 e. The Morgan fingerprint density at radius 2 is 0.772 bits per heavy atom. The maximum absolute atomic E-state index is 13.5. The number of amides is 1. The molecule has 0 bridgehead atoms. The number of hydrogen-bond acceptors (Lipinski definition) is 7. The van der Waals surface area contributed by atoms with Gasteiger partial charge in [-0.1, -0.05) is 275 Å². The zero-order chi connectivity index (χ0) is 57.9. The van der Waals surface area contributed by atoms with Crippen LogP contribution in [0.4, 0.5) is 0 Å². The number of likely N-dealkylation sites (N-methyl/N-ethyl adjacent to an activating group) is 1. The molecule has 0 heterocycles. The van der Waals surface area contributed by atoms with E-state index in [9.17, 15) is 19.0 Å². The summed E-state index contributed by atoms with van der Waals surface area (Å²) < 4.78 is 30.4. The van der Waals surface area contributed by atoms with E-state index in [-0.39, 0.29) is 24.9 Å². The number of allylic oxidation sites excluding steroid dienone is 7. The van der Waals surface area contributed by atoms with Crippen molar-refractivity contribution in [3.63, 3.8) is 0 Å². The first-order chi connectivity index (χ1) is 38.4. The van der Waals surface area contributed by atoms with Crippen molar-refractivity contribution < 1.29 is 37.3 Å². The number of rotatable bonds is 62. The lowest BCUT2D eigenvalue weighted by atomic mass is 10.0. The number of carbonyl (C=O) groups excluding carboxylic acids is 2. The number of nitrogens with one attached hydrogen (secondary N) is 1. The molecular weight excluding hydrogens is 1000 g/mol. The third kappa shape index (κ3) is 60.4. The molecule has 0 spiro atoms. The fourth-order valence-electron chi connectivity index (χ4n) is 9.96. The van der Waals surface area contributed by atoms with Crippen LogP contribution in [0.2, 0.25) is 0 Å². The van der Waals surface area contributed by atoms with Crippen molar-refractivity contribution in [1.82, 2.24) is 5.32 Å². The predicted octanol–water partition coefficient (Wildman–Crippen LogP) is 20.6. The van der Waals surface area contributed by atoms with Crippen LogP contribution in [-0.4, -0.2) is 69.4 Å². The van der Waals surface area contributed by atoms with Gasteiger partial charge >= 0.3 is 5.97 Å². The second kappa shape index (κ2) is 59.1. The molecule has 1 N–H and O–H groups in total. The number of quaternary nitrogens is 1. The molecule has 10 heteroatoms. The highest BCUT2D eigenvalue weighted by Gasteiger charge is 2.27. The topological polar surface area (TPSA) is 114 Å². The minimum Gasteiger partial charge on any atom is -0.756 e. The van der Waals surface area contributed by atoms with Gasteiger partial charge in [0.1, 0.15) is 19.3 Å². The molecule has 79 heavy (non-hydrogen) atoms. The molecule has 0 radical (unpaired) electrons. The maximum atomic E-state index is 13.5. The van der Waals surface area contributed by atoms with Gasteiger partial charge in [-0.15, -0.1) is 0 Å². The minimum atomic E-state index is -4.70. The van der Waals surface area contributed by atoms with Crippen molar-refractivity contribution in [2.45, 2.75) is 341 Å². The lowest BCUT2D eigenvalue weighted by molar-refractivity contribution is -0.870. The molecule has 1 amide bonds. The SMILES string of the molecule is CCCCC/C=C\C/C=C\CCCCCCCCCCCCCCCCCCCC(=O)OC(/C=C\CCCCCCCCCCCCC)C(COP(=O)([O-])OCC[N+](C)(C)C)NC(=O)CCCCC/C=C\CCCCCCCC. The third-order valence-electron chi connectivity index (χ3n) is 15.2. The number of phosphoric acid groups is 1. The molecule has 3 unspecified atom stereocenters. The Morgan fingerprint density at radius 1 is 0.443 bits per heavy atom. The summed E-state index contributed by atoms with van der Waals surface area (Å²) in [6.45, 7) is 6.84. The first-order valence-corrected chi connectivity index (χ1v) is 35.4. The van der Waals surface area contributed by atoms with Crippen molar-refractivity contribution in [1.29, 1.82) is 0 Å². The Labute approximate surface area is 490 Å². The minimum absolute atomic E-state index is 0.0235. The first-order valence-electron chi connectivity index (χ1n) is 33.9. The van der Waals surface area contributed by atoms with Crippen molar-refractivity contribution in [2.24, 2.45) is 0 Å². The Morgan fingerprint density at radius 3 is 1.19 bits per heavy atom. The number of nitrogens with zero attached hydrogens (tertiary/aromatic N) is 1. The van der Waals surface area contributed by atoms with E-state index in [1.54, 1.807) is 0 Å². The molecule has 0 fully saturated rings. The number of phosphoric ester groups is 1. The molecule has 0 aromatic heterocycles. The molecule has 0 saturated heterocycles. The summed E-state index contributed by atoms with van der Waals surface area (Å²) in [5, 5.41) is 3.03. The van der Waals surface area contributed by atoms with Crippen molar-refractivity contribution in [3.8, 4) is 0 Å². The Hall–Kier alpha value is -2.03. The van der Waals surface area contributed by atoms with E-state index in [0.29, 0.717) is 17.4 Å². The number of carbonyl (C=O) groups is 2. The lowest BCUT2D eigenvalue weighted by Gasteiger charge is -2.30. The summed E-state index contributed by atoms with van der Waals surface area (Å²) in [6.07, 6.45) is 73.8. The van der Waals surface area contributed by atoms with Crippen LogP contribution in [0.15, 0.2) is 48.6 Å². The Kier molecular flexibility index (Phi) is 57.6. The van der Waals surface area contributed by atoms with Crippen molar-refractivity contribution in [2.75, 3.05) is 40.9 Å². The largest absolute Gasteiger partial charge is 0.756 e. The van der Waals surface area contributed by atoms with Gasteiger partial charge in [0.2, 0.25) is 5.91 Å². The van der Waals surface area contributed by atoms with Crippen LogP contribution in [0.1, 0.15) is 329 Å². The van der Waals surface area contributed by atoms with Gasteiger partial charge in [0.15, 0.2) is 0 Å². The molecule has 0 aromatic carbocycles. The Bertz CT molecular complexity index is 1490. The van der Waals surface area contributed by atoms with Gasteiger partial charge < -0.3 is 28.5 Å². The number of esters is 1. The highest BCUT2D eigenvalue weighted by Crippen LogP contribution is 2.38. The molecule has 0 rings (SSSR count). The molecule has 0 aliphatic heterocycles. The van der Waals surface area contributed by atoms with E-state index in [0.717, 1.165) is 77.0 Å². The van der Waals surface area contributed by atoms with Crippen molar-refractivity contribution >= 4 is 19.7 Å². The van der Waals surface area contributed by atoms with E-state index in [1.807, 2.05) is 33.3 Å². The molecule has 464 valence electrons. The van der Waals surface area contributed by atoms with E-state index in [1.165, 1.54) is 218 Å². The number of ether oxygens (including phenoxy) is 1. The van der Waals surface area contributed by atoms with E-state index in [4.69, 9.17) is 13.8 Å². The highest BCUT2D eigenvalue weighted by atomic mass is 31.2. The normalized spacial score (nSPS) is 13.9. The van der Waals surface area contributed by atoms with Gasteiger partial charge in [-0.3, -0.25) is 14.2 Å². The quantitative estimate of drug-likeness (QED) is 0.0212. The Balaban J connectivity index is 5.01. The van der Waals surface area contributed by atoms with Gasteiger partial charge in [-0.05, 0) is 89.5 Å². The average Bonchev–Trinajstić information content (AvgIpc) is 3.41. The summed E-state index contributed by atoms with van der Waals surface area (Å²) in [5.41, 5.74) is 0. The van der Waals surface area contributed by atoms with Crippen LogP contribution in [0.5, 0.6) is 0 Å². The first kappa shape index (κ1) is 77.0. The monoisotopic (exact) mass is 1130 g/mol. The summed E-state index contributed by atoms with van der Waals surface area (Å²) in [5.74, 6) is -0.547. The van der Waals surface area contributed by atoms with Crippen LogP contribution >= 0.6 is 7.82 Å². The molecule has 3 atom stereocenters. The van der Waals surface area contributed by atoms with Gasteiger partial charge in [0.05, 0.1) is 33.8 Å². The zero-order valence-corrected chi connectivity index (χ0v) is 54.0. The standard InChI is InChI=1S/C69H131N2O7P/c1-7-10-13-16-19-22-25-28-29-30-31-32-33-34-35-36-37-38-39-40-41-44-47-50-53-56-59-62-69(73)78-67(60-57-54-51-48-45-42-26-23-20-17-14-11-8-2)66(65-77-79(74,75)76-64-63-71(4,5)6)70-68(72)61-58-55-52-49-46-43-27-24-21-18-15-12-9-3/h19,22,28-29,43,46,57,60,66-67H,7-18,20-21,23-27,30-42,44-45,47-56,58-59,61-65H2,1-6H3,(H-,70,72,74,75)/b22-19-,29-28-,46-43-,60-57-. The molecular formula is C69H131N2O7P. The van der Waals surface area contributed by atoms with Crippen LogP contribution in [0.25, 0.3) is 0 Å². The molecule has 9 nitrogen and oxygen atoms in total. The summed E-state index contributed by atoms with van der Waals surface area (Å²) in [6, 6.07) is -0.894. The number of hydrogen-bond donors (Lipinski definition) is 1. The van der Waals surface area contributed by atoms with E-state index >= 15 is 0 Å². The average molecular weight is 1130 g/mol. The zero-order valence-electron chi connectivity index (χ0n) is 53.1. The maximum Gasteiger partial charge on any atom is 0.306 e. The van der Waals surface area contributed by atoms with Gasteiger partial charge in [-0.25, -0.2) is 0 Å². The summed E-state index contributed by atoms with van der Waals surface area (Å²) in [4.78, 5) is 40.0. The van der Waals surface area contributed by atoms with Crippen LogP contribution < -0.4 is 10.2 Å². The second-order valence-electron chi connectivity index (χ2n) is 24.3. The van der Waals surface area contributed by atoms with Gasteiger partial charge in [-0.2, -0.15) is 0 Å².